The lowest BCUT2D eigenvalue weighted by Gasteiger charge is -2.05. The zero-order valence-electron chi connectivity index (χ0n) is 14.4. The standard InChI is InChI=1S/C20H20N2O2S/c1-3-4-12-24-15-10-8-14(9-11-15)16-13-22-19-17(23-2)6-5-7-18(19)25-20(22)21-16/h5-11,13H,3-4,12H2,1-2H3. The Kier molecular flexibility index (Phi) is 4.32. The number of aromatic nitrogens is 2. The van der Waals surface area contributed by atoms with Gasteiger partial charge in [0, 0.05) is 11.8 Å². The van der Waals surface area contributed by atoms with E-state index in [-0.39, 0.29) is 0 Å². The van der Waals surface area contributed by atoms with Crippen molar-refractivity contribution in [3.63, 3.8) is 0 Å². The summed E-state index contributed by atoms with van der Waals surface area (Å²) >= 11 is 1.67. The first-order valence-corrected chi connectivity index (χ1v) is 9.29. The average molecular weight is 352 g/mol. The Labute approximate surface area is 150 Å². The average Bonchev–Trinajstić information content (AvgIpc) is 3.20. The number of thiazole rings is 1. The first kappa shape index (κ1) is 16.0. The molecule has 0 aliphatic rings. The van der Waals surface area contributed by atoms with Gasteiger partial charge in [0.25, 0.3) is 0 Å². The SMILES string of the molecule is CCCCOc1ccc(-c2cn3c(n2)sc2cccc(OC)c23)cc1. The van der Waals surface area contributed by atoms with Crippen LogP contribution in [0.4, 0.5) is 0 Å². The number of benzene rings is 2. The van der Waals surface area contributed by atoms with Crippen molar-refractivity contribution in [2.24, 2.45) is 0 Å². The fourth-order valence-corrected chi connectivity index (χ4v) is 3.90. The van der Waals surface area contributed by atoms with Crippen molar-refractivity contribution in [3.8, 4) is 22.8 Å². The Bertz CT molecular complexity index is 1000. The lowest BCUT2D eigenvalue weighted by Crippen LogP contribution is -1.95. The van der Waals surface area contributed by atoms with Crippen molar-refractivity contribution >= 4 is 26.5 Å². The number of unbranched alkanes of at least 4 members (excludes halogenated alkanes) is 1. The molecule has 0 bridgehead atoms. The lowest BCUT2D eigenvalue weighted by molar-refractivity contribution is 0.309. The van der Waals surface area contributed by atoms with Crippen molar-refractivity contribution in [2.45, 2.75) is 19.8 Å². The molecule has 25 heavy (non-hydrogen) atoms. The molecule has 4 aromatic rings. The van der Waals surface area contributed by atoms with Crippen LogP contribution in [0.2, 0.25) is 0 Å². The van der Waals surface area contributed by atoms with Gasteiger partial charge in [-0.25, -0.2) is 4.98 Å². The Morgan fingerprint density at radius 2 is 1.96 bits per heavy atom. The molecule has 0 saturated heterocycles. The zero-order chi connectivity index (χ0) is 17.2. The van der Waals surface area contributed by atoms with Crippen LogP contribution in [0.1, 0.15) is 19.8 Å². The van der Waals surface area contributed by atoms with Crippen LogP contribution >= 0.6 is 11.3 Å². The molecule has 0 aliphatic carbocycles. The highest BCUT2D eigenvalue weighted by Crippen LogP contribution is 2.34. The van der Waals surface area contributed by atoms with E-state index < -0.39 is 0 Å². The van der Waals surface area contributed by atoms with E-state index in [9.17, 15) is 0 Å². The molecule has 0 spiro atoms. The lowest BCUT2D eigenvalue weighted by atomic mass is 10.1. The van der Waals surface area contributed by atoms with Gasteiger partial charge in [-0.2, -0.15) is 0 Å². The minimum atomic E-state index is 0.766. The maximum absolute atomic E-state index is 5.73. The number of hydrogen-bond donors (Lipinski definition) is 0. The van der Waals surface area contributed by atoms with Gasteiger partial charge >= 0.3 is 0 Å². The molecule has 0 atom stereocenters. The normalized spacial score (nSPS) is 11.3. The molecule has 4 rings (SSSR count). The Balaban J connectivity index is 1.67. The van der Waals surface area contributed by atoms with Gasteiger partial charge in [0.1, 0.15) is 17.0 Å². The molecular weight excluding hydrogens is 332 g/mol. The highest BCUT2D eigenvalue weighted by molar-refractivity contribution is 7.23. The maximum Gasteiger partial charge on any atom is 0.195 e. The highest BCUT2D eigenvalue weighted by atomic mass is 32.1. The smallest absolute Gasteiger partial charge is 0.195 e. The topological polar surface area (TPSA) is 35.8 Å². The highest BCUT2D eigenvalue weighted by Gasteiger charge is 2.13. The molecule has 0 aliphatic heterocycles. The van der Waals surface area contributed by atoms with Crippen LogP contribution in [0.25, 0.3) is 26.4 Å². The van der Waals surface area contributed by atoms with E-state index in [0.29, 0.717) is 0 Å². The van der Waals surface area contributed by atoms with Crippen molar-refractivity contribution in [2.75, 3.05) is 13.7 Å². The molecular formula is C20H20N2O2S. The van der Waals surface area contributed by atoms with Gasteiger partial charge in [0.2, 0.25) is 0 Å². The second-order valence-corrected chi connectivity index (χ2v) is 6.92. The summed E-state index contributed by atoms with van der Waals surface area (Å²) in [6.07, 6.45) is 4.29. The number of nitrogens with zero attached hydrogens (tertiary/aromatic N) is 2. The third-order valence-electron chi connectivity index (χ3n) is 4.21. The predicted octanol–water partition coefficient (Wildman–Crippen LogP) is 5.40. The Morgan fingerprint density at radius 3 is 2.72 bits per heavy atom. The van der Waals surface area contributed by atoms with Crippen molar-refractivity contribution in [1.82, 2.24) is 9.38 Å². The second kappa shape index (κ2) is 6.76. The largest absolute Gasteiger partial charge is 0.495 e. The molecule has 0 amide bonds. The molecule has 4 nitrogen and oxygen atoms in total. The molecule has 0 radical (unpaired) electrons. The molecule has 0 N–H and O–H groups in total. The van der Waals surface area contributed by atoms with Gasteiger partial charge in [-0.05, 0) is 42.8 Å². The van der Waals surface area contributed by atoms with Gasteiger partial charge < -0.3 is 9.47 Å². The zero-order valence-corrected chi connectivity index (χ0v) is 15.2. The summed E-state index contributed by atoms with van der Waals surface area (Å²) < 4.78 is 14.5. The van der Waals surface area contributed by atoms with Crippen LogP contribution in [0.5, 0.6) is 11.5 Å². The molecule has 0 unspecified atom stereocenters. The minimum Gasteiger partial charge on any atom is -0.495 e. The molecule has 2 aromatic heterocycles. The summed E-state index contributed by atoms with van der Waals surface area (Å²) in [5.41, 5.74) is 3.12. The quantitative estimate of drug-likeness (QED) is 0.436. The number of rotatable bonds is 6. The summed E-state index contributed by atoms with van der Waals surface area (Å²) in [5, 5.41) is 0. The number of imidazole rings is 1. The van der Waals surface area contributed by atoms with Crippen LogP contribution in [-0.4, -0.2) is 23.1 Å². The number of ether oxygens (including phenoxy) is 2. The van der Waals surface area contributed by atoms with Crippen LogP contribution in [-0.2, 0) is 0 Å². The van der Waals surface area contributed by atoms with Crippen molar-refractivity contribution < 1.29 is 9.47 Å². The van der Waals surface area contributed by atoms with Crippen LogP contribution in [0.3, 0.4) is 0 Å². The molecule has 2 aromatic carbocycles. The van der Waals surface area contributed by atoms with E-state index in [0.717, 1.165) is 52.7 Å². The molecule has 128 valence electrons. The van der Waals surface area contributed by atoms with Crippen molar-refractivity contribution in [3.05, 3.63) is 48.7 Å². The van der Waals surface area contributed by atoms with E-state index in [4.69, 9.17) is 14.5 Å². The van der Waals surface area contributed by atoms with E-state index >= 15 is 0 Å². The molecule has 5 heteroatoms. The summed E-state index contributed by atoms with van der Waals surface area (Å²) in [4.78, 5) is 5.76. The minimum absolute atomic E-state index is 0.766. The third-order valence-corrected chi connectivity index (χ3v) is 5.23. The Hall–Kier alpha value is -2.53. The summed E-state index contributed by atoms with van der Waals surface area (Å²) in [6.45, 7) is 2.93. The third kappa shape index (κ3) is 2.96. The Morgan fingerprint density at radius 1 is 1.12 bits per heavy atom. The number of methoxy groups -OCH3 is 1. The van der Waals surface area contributed by atoms with Gasteiger partial charge in [-0.3, -0.25) is 4.40 Å². The summed E-state index contributed by atoms with van der Waals surface area (Å²) in [7, 11) is 1.70. The van der Waals surface area contributed by atoms with Crippen LogP contribution < -0.4 is 9.47 Å². The fourth-order valence-electron chi connectivity index (χ4n) is 2.88. The van der Waals surface area contributed by atoms with Crippen LogP contribution in [0.15, 0.2) is 48.7 Å². The maximum atomic E-state index is 5.73. The van der Waals surface area contributed by atoms with Gasteiger partial charge in [-0.15, -0.1) is 0 Å². The van der Waals surface area contributed by atoms with Gasteiger partial charge in [0.15, 0.2) is 4.96 Å². The number of fused-ring (bicyclic) bond motifs is 3. The molecule has 0 saturated carbocycles. The van der Waals surface area contributed by atoms with E-state index in [1.54, 1.807) is 18.4 Å². The monoisotopic (exact) mass is 352 g/mol. The van der Waals surface area contributed by atoms with Crippen LogP contribution in [0, 0.1) is 0 Å². The second-order valence-electron chi connectivity index (χ2n) is 5.91. The summed E-state index contributed by atoms with van der Waals surface area (Å²) in [6, 6.07) is 14.2. The number of para-hydroxylation sites is 1. The summed E-state index contributed by atoms with van der Waals surface area (Å²) in [5.74, 6) is 1.78. The first-order valence-electron chi connectivity index (χ1n) is 8.48. The molecule has 2 heterocycles. The van der Waals surface area contributed by atoms with E-state index in [2.05, 4.69) is 35.7 Å². The number of hydrogen-bond acceptors (Lipinski definition) is 4. The molecule has 0 fully saturated rings. The van der Waals surface area contributed by atoms with Gasteiger partial charge in [0.05, 0.1) is 24.1 Å². The first-order chi connectivity index (χ1) is 12.3. The predicted molar refractivity (Wildman–Crippen MR) is 103 cm³/mol. The fraction of sp³-hybridized carbons (Fsp3) is 0.250. The van der Waals surface area contributed by atoms with Crippen molar-refractivity contribution in [1.29, 1.82) is 0 Å². The van der Waals surface area contributed by atoms with E-state index in [1.807, 2.05) is 24.3 Å². The van der Waals surface area contributed by atoms with E-state index in [1.165, 1.54) is 4.70 Å². The van der Waals surface area contributed by atoms with Gasteiger partial charge in [-0.1, -0.05) is 30.7 Å².